The molecule has 5 N–H and O–H groups in total. The maximum atomic E-state index is 9.88. The molecule has 0 bridgehead atoms. The number of aliphatic hydroxyl groups excluding tert-OH is 5. The first-order valence-electron chi connectivity index (χ1n) is 7.90. The van der Waals surface area contributed by atoms with Gasteiger partial charge in [-0.3, -0.25) is 0 Å². The zero-order valence-electron chi connectivity index (χ0n) is 14.2. The number of hydrogen-bond donors (Lipinski definition) is 5. The van der Waals surface area contributed by atoms with Crippen LogP contribution in [0.25, 0.3) is 0 Å². The van der Waals surface area contributed by atoms with E-state index in [2.05, 4.69) is 35.5 Å². The van der Waals surface area contributed by atoms with Gasteiger partial charge in [-0.25, -0.2) is 0 Å². The van der Waals surface area contributed by atoms with Gasteiger partial charge in [0.1, 0.15) is 30.5 Å². The lowest BCUT2D eigenvalue weighted by Gasteiger charge is -2.40. The fourth-order valence-electron chi connectivity index (χ4n) is 1.96. The first-order valence-corrected chi connectivity index (χ1v) is 7.90. The van der Waals surface area contributed by atoms with Crippen LogP contribution in [0.15, 0.2) is 24.3 Å². The van der Waals surface area contributed by atoms with Crippen molar-refractivity contribution in [1.29, 1.82) is 0 Å². The number of allylic oxidation sites excluding steroid dienone is 3. The SMILES string of the molecule is C/C=C/C#CC#CC#C/C=C/[C@H](CO)O[C@@H]1O[C@H](CO)[C@@H](O)[C@H](O)[C@H]1O. The molecule has 1 aliphatic heterocycles. The van der Waals surface area contributed by atoms with Gasteiger partial charge in [0.15, 0.2) is 6.29 Å². The number of hydrogen-bond acceptors (Lipinski definition) is 7. The summed E-state index contributed by atoms with van der Waals surface area (Å²) in [6.07, 6.45) is -1.59. The third-order valence-corrected chi connectivity index (χ3v) is 3.31. The van der Waals surface area contributed by atoms with Gasteiger partial charge >= 0.3 is 0 Å². The van der Waals surface area contributed by atoms with Gasteiger partial charge in [0, 0.05) is 0 Å². The van der Waals surface area contributed by atoms with Gasteiger partial charge in [0.05, 0.1) is 13.2 Å². The highest BCUT2D eigenvalue weighted by Crippen LogP contribution is 2.23. The highest BCUT2D eigenvalue weighted by Gasteiger charge is 2.44. The second kappa shape index (κ2) is 12.3. The van der Waals surface area contributed by atoms with Crippen LogP contribution >= 0.6 is 0 Å². The maximum absolute atomic E-state index is 9.88. The fraction of sp³-hybridized carbons (Fsp3) is 0.474. The van der Waals surface area contributed by atoms with E-state index < -0.39 is 50.0 Å². The predicted molar refractivity (Wildman–Crippen MR) is 93.0 cm³/mol. The van der Waals surface area contributed by atoms with Crippen LogP contribution in [0.2, 0.25) is 0 Å². The van der Waals surface area contributed by atoms with Gasteiger partial charge in [0.25, 0.3) is 0 Å². The Morgan fingerprint density at radius 1 is 0.962 bits per heavy atom. The highest BCUT2D eigenvalue weighted by molar-refractivity contribution is 5.39. The largest absolute Gasteiger partial charge is 0.394 e. The second-order valence-electron chi connectivity index (χ2n) is 5.20. The Labute approximate surface area is 152 Å². The molecule has 0 radical (unpaired) electrons. The summed E-state index contributed by atoms with van der Waals surface area (Å²) in [5.41, 5.74) is 0. The zero-order valence-corrected chi connectivity index (χ0v) is 14.2. The molecule has 0 amide bonds. The van der Waals surface area contributed by atoms with Crippen molar-refractivity contribution in [3.05, 3.63) is 24.3 Å². The summed E-state index contributed by atoms with van der Waals surface area (Å²) in [4.78, 5) is 0. The van der Waals surface area contributed by atoms with Crippen LogP contribution in [0.5, 0.6) is 0 Å². The second-order valence-corrected chi connectivity index (χ2v) is 5.20. The van der Waals surface area contributed by atoms with Gasteiger partial charge in [0.2, 0.25) is 0 Å². The third-order valence-electron chi connectivity index (χ3n) is 3.31. The van der Waals surface area contributed by atoms with E-state index in [-0.39, 0.29) is 0 Å². The van der Waals surface area contributed by atoms with Gasteiger partial charge < -0.3 is 35.0 Å². The Balaban J connectivity index is 2.63. The fourth-order valence-corrected chi connectivity index (χ4v) is 1.96. The first-order chi connectivity index (χ1) is 12.5. The standard InChI is InChI=1S/C19H22O7/c1-2-3-4-5-6-7-8-9-10-11-14(12-20)25-19-18(24)17(23)16(22)15(13-21)26-19/h2-3,10-11,14-24H,12-13H2,1H3/b3-2+,11-10+/t14-,15-,16-,17+,18-,19-/m1/s1. The van der Waals surface area contributed by atoms with Crippen LogP contribution in [-0.4, -0.2) is 75.6 Å². The molecule has 1 rings (SSSR count). The van der Waals surface area contributed by atoms with Crippen molar-refractivity contribution in [2.75, 3.05) is 13.2 Å². The Bertz CT molecular complexity index is 663. The molecule has 140 valence electrons. The lowest BCUT2D eigenvalue weighted by molar-refractivity contribution is -0.309. The minimum absolute atomic E-state index is 0.437. The summed E-state index contributed by atoms with van der Waals surface area (Å²) in [5.74, 6) is 15.5. The summed E-state index contributed by atoms with van der Waals surface area (Å²) in [5, 5.41) is 47.7. The van der Waals surface area contributed by atoms with E-state index in [1.54, 1.807) is 12.2 Å². The quantitative estimate of drug-likeness (QED) is 0.370. The van der Waals surface area contributed by atoms with E-state index in [0.717, 1.165) is 0 Å². The van der Waals surface area contributed by atoms with Crippen molar-refractivity contribution in [3.63, 3.8) is 0 Å². The Kier molecular flexibility index (Phi) is 10.3. The normalized spacial score (nSPS) is 29.2. The molecule has 0 unspecified atom stereocenters. The van der Waals surface area contributed by atoms with Crippen LogP contribution in [0.1, 0.15) is 6.92 Å². The molecule has 0 aromatic heterocycles. The summed E-state index contributed by atoms with van der Waals surface area (Å²) < 4.78 is 10.5. The van der Waals surface area contributed by atoms with E-state index in [4.69, 9.17) is 14.6 Å². The van der Waals surface area contributed by atoms with Crippen molar-refractivity contribution in [2.24, 2.45) is 0 Å². The lowest BCUT2D eigenvalue weighted by atomic mass is 9.99. The van der Waals surface area contributed by atoms with Crippen molar-refractivity contribution in [3.8, 4) is 35.5 Å². The summed E-state index contributed by atoms with van der Waals surface area (Å²) in [7, 11) is 0. The van der Waals surface area contributed by atoms with Crippen LogP contribution in [0.4, 0.5) is 0 Å². The van der Waals surface area contributed by atoms with Crippen LogP contribution < -0.4 is 0 Å². The average Bonchev–Trinajstić information content (AvgIpc) is 2.65. The number of ether oxygens (including phenoxy) is 2. The molecule has 1 heterocycles. The molecular weight excluding hydrogens is 340 g/mol. The smallest absolute Gasteiger partial charge is 0.187 e. The lowest BCUT2D eigenvalue weighted by Crippen LogP contribution is -2.59. The van der Waals surface area contributed by atoms with Crippen molar-refractivity contribution in [1.82, 2.24) is 0 Å². The minimum atomic E-state index is -1.55. The Morgan fingerprint density at radius 2 is 1.62 bits per heavy atom. The molecule has 0 aromatic rings. The first kappa shape index (κ1) is 21.9. The van der Waals surface area contributed by atoms with E-state index in [1.807, 2.05) is 6.92 Å². The van der Waals surface area contributed by atoms with Crippen molar-refractivity contribution < 1.29 is 35.0 Å². The maximum Gasteiger partial charge on any atom is 0.187 e. The molecule has 0 aliphatic carbocycles. The molecule has 7 heteroatoms. The van der Waals surface area contributed by atoms with E-state index in [0.29, 0.717) is 0 Å². The molecule has 1 saturated heterocycles. The molecule has 0 spiro atoms. The van der Waals surface area contributed by atoms with Crippen molar-refractivity contribution >= 4 is 0 Å². The van der Waals surface area contributed by atoms with Gasteiger partial charge in [-0.2, -0.15) is 0 Å². The number of aliphatic hydroxyl groups is 5. The predicted octanol–water partition coefficient (Wildman–Crippen LogP) is -1.69. The highest BCUT2D eigenvalue weighted by atomic mass is 16.7. The molecular formula is C19H22O7. The molecule has 1 fully saturated rings. The van der Waals surface area contributed by atoms with Crippen LogP contribution in [0.3, 0.4) is 0 Å². The van der Waals surface area contributed by atoms with E-state index in [9.17, 15) is 20.4 Å². The molecule has 0 aromatic carbocycles. The molecule has 1 aliphatic rings. The number of rotatable bonds is 5. The minimum Gasteiger partial charge on any atom is -0.394 e. The molecule has 6 atom stereocenters. The average molecular weight is 362 g/mol. The van der Waals surface area contributed by atoms with Crippen LogP contribution in [-0.2, 0) is 9.47 Å². The molecule has 0 saturated carbocycles. The Hall–Kier alpha value is -2.12. The third kappa shape index (κ3) is 7.01. The summed E-state index contributed by atoms with van der Waals surface area (Å²) in [6.45, 7) is 0.843. The zero-order chi connectivity index (χ0) is 19.4. The van der Waals surface area contributed by atoms with Gasteiger partial charge in [-0.05, 0) is 48.8 Å². The van der Waals surface area contributed by atoms with E-state index >= 15 is 0 Å². The summed E-state index contributed by atoms with van der Waals surface area (Å²) >= 11 is 0. The molecule has 26 heavy (non-hydrogen) atoms. The van der Waals surface area contributed by atoms with Gasteiger partial charge in [-0.1, -0.05) is 17.9 Å². The topological polar surface area (TPSA) is 120 Å². The van der Waals surface area contributed by atoms with E-state index in [1.165, 1.54) is 12.2 Å². The molecule has 7 nitrogen and oxygen atoms in total. The monoisotopic (exact) mass is 362 g/mol. The van der Waals surface area contributed by atoms with Crippen LogP contribution in [0, 0.1) is 35.5 Å². The summed E-state index contributed by atoms with van der Waals surface area (Å²) in [6, 6.07) is 0. The Morgan fingerprint density at radius 3 is 2.19 bits per heavy atom. The van der Waals surface area contributed by atoms with Gasteiger partial charge in [-0.15, -0.1) is 0 Å². The van der Waals surface area contributed by atoms with Crippen molar-refractivity contribution in [2.45, 2.75) is 43.7 Å².